The van der Waals surface area contributed by atoms with Crippen LogP contribution in [0.1, 0.15) is 32.3 Å². The Morgan fingerprint density at radius 3 is 2.57 bits per heavy atom. The zero-order chi connectivity index (χ0) is 16.8. The zero-order valence-corrected chi connectivity index (χ0v) is 14.0. The largest absolute Gasteiger partial charge is 0.383 e. The van der Waals surface area contributed by atoms with E-state index in [2.05, 4.69) is 46.7 Å². The van der Waals surface area contributed by atoms with Crippen LogP contribution in [-0.2, 0) is 16.1 Å². The summed E-state index contributed by atoms with van der Waals surface area (Å²) in [5, 5.41) is 15.0. The molecule has 0 bridgehead atoms. The van der Waals surface area contributed by atoms with E-state index in [-0.39, 0.29) is 18.5 Å². The number of benzene rings is 1. The van der Waals surface area contributed by atoms with Gasteiger partial charge in [0, 0.05) is 18.7 Å². The number of methoxy groups -OCH3 is 1. The maximum atomic E-state index is 11.9. The van der Waals surface area contributed by atoms with Crippen LogP contribution in [-0.4, -0.2) is 45.9 Å². The number of carbonyl (C=O) groups is 1. The third-order valence-electron chi connectivity index (χ3n) is 3.40. The molecule has 1 N–H and O–H groups in total. The maximum absolute atomic E-state index is 11.9. The smallest absolute Gasteiger partial charge is 0.243 e. The SMILES string of the molecule is COC[C@@H](C)NC(=O)Cn1nnc(-c2ccc(C(C)C)cc2)n1. The molecule has 0 aliphatic carbocycles. The monoisotopic (exact) mass is 317 g/mol. The summed E-state index contributed by atoms with van der Waals surface area (Å²) in [7, 11) is 1.60. The van der Waals surface area contributed by atoms with Gasteiger partial charge in [0.25, 0.3) is 0 Å². The molecule has 1 amide bonds. The molecule has 0 spiro atoms. The van der Waals surface area contributed by atoms with Crippen LogP contribution in [0.3, 0.4) is 0 Å². The average Bonchev–Trinajstić information content (AvgIpc) is 2.95. The molecule has 124 valence electrons. The first kappa shape index (κ1) is 17.1. The highest BCUT2D eigenvalue weighted by atomic mass is 16.5. The Kier molecular flexibility index (Phi) is 5.81. The Morgan fingerprint density at radius 1 is 1.26 bits per heavy atom. The molecule has 23 heavy (non-hydrogen) atoms. The number of amides is 1. The summed E-state index contributed by atoms with van der Waals surface area (Å²) in [5.74, 6) is 0.817. The van der Waals surface area contributed by atoms with Crippen molar-refractivity contribution in [3.05, 3.63) is 29.8 Å². The second-order valence-electron chi connectivity index (χ2n) is 5.84. The standard InChI is InChI=1S/C16H23N5O2/c1-11(2)13-5-7-14(8-6-13)16-18-20-21(19-16)9-15(22)17-12(3)10-23-4/h5-8,11-12H,9-10H2,1-4H3,(H,17,22)/t12-/m1/s1. The van der Waals surface area contributed by atoms with Gasteiger partial charge in [-0.15, -0.1) is 10.2 Å². The van der Waals surface area contributed by atoms with E-state index >= 15 is 0 Å². The van der Waals surface area contributed by atoms with E-state index in [1.807, 2.05) is 19.1 Å². The number of rotatable bonds is 7. The molecule has 0 unspecified atom stereocenters. The van der Waals surface area contributed by atoms with Gasteiger partial charge in [-0.1, -0.05) is 38.1 Å². The van der Waals surface area contributed by atoms with Gasteiger partial charge in [0.1, 0.15) is 6.54 Å². The van der Waals surface area contributed by atoms with Crippen LogP contribution in [0.15, 0.2) is 24.3 Å². The molecule has 0 saturated heterocycles. The maximum Gasteiger partial charge on any atom is 0.243 e. The highest BCUT2D eigenvalue weighted by Gasteiger charge is 2.11. The number of tetrazole rings is 1. The molecule has 1 atom stereocenters. The van der Waals surface area contributed by atoms with Gasteiger partial charge >= 0.3 is 0 Å². The minimum Gasteiger partial charge on any atom is -0.383 e. The van der Waals surface area contributed by atoms with Crippen LogP contribution in [0.4, 0.5) is 0 Å². The van der Waals surface area contributed by atoms with Gasteiger partial charge in [-0.05, 0) is 23.6 Å². The second kappa shape index (κ2) is 7.82. The molecule has 7 heteroatoms. The number of carbonyl (C=O) groups excluding carboxylic acids is 1. The third kappa shape index (κ3) is 4.85. The van der Waals surface area contributed by atoms with Crippen LogP contribution in [0.2, 0.25) is 0 Å². The average molecular weight is 317 g/mol. The van der Waals surface area contributed by atoms with Crippen LogP contribution >= 0.6 is 0 Å². The molecule has 2 aromatic rings. The normalized spacial score (nSPS) is 12.4. The number of hydrogen-bond donors (Lipinski definition) is 1. The zero-order valence-electron chi connectivity index (χ0n) is 14.0. The molecule has 7 nitrogen and oxygen atoms in total. The van der Waals surface area contributed by atoms with E-state index in [4.69, 9.17) is 4.74 Å². The van der Waals surface area contributed by atoms with Gasteiger partial charge in [-0.2, -0.15) is 4.80 Å². The molecule has 1 heterocycles. The van der Waals surface area contributed by atoms with Gasteiger partial charge < -0.3 is 10.1 Å². The number of ether oxygens (including phenoxy) is 1. The molecule has 2 rings (SSSR count). The van der Waals surface area contributed by atoms with Crippen molar-refractivity contribution in [2.45, 2.75) is 39.3 Å². The van der Waals surface area contributed by atoms with Crippen molar-refractivity contribution in [3.63, 3.8) is 0 Å². The van der Waals surface area contributed by atoms with Gasteiger partial charge in [0.15, 0.2) is 0 Å². The fourth-order valence-electron chi connectivity index (χ4n) is 2.18. The molecule has 0 radical (unpaired) electrons. The van der Waals surface area contributed by atoms with E-state index in [1.54, 1.807) is 7.11 Å². The fourth-order valence-corrected chi connectivity index (χ4v) is 2.18. The van der Waals surface area contributed by atoms with Gasteiger partial charge in [0.05, 0.1) is 6.61 Å². The highest BCUT2D eigenvalue weighted by Crippen LogP contribution is 2.19. The van der Waals surface area contributed by atoms with Crippen LogP contribution in [0.5, 0.6) is 0 Å². The lowest BCUT2D eigenvalue weighted by atomic mass is 10.0. The van der Waals surface area contributed by atoms with Gasteiger partial charge in [-0.25, -0.2) is 0 Å². The van der Waals surface area contributed by atoms with E-state index in [1.165, 1.54) is 10.4 Å². The number of nitrogens with zero attached hydrogens (tertiary/aromatic N) is 4. The first-order chi connectivity index (χ1) is 11.0. The Balaban J connectivity index is 1.98. The van der Waals surface area contributed by atoms with E-state index in [0.717, 1.165) is 5.56 Å². The Hall–Kier alpha value is -2.28. The Labute approximate surface area is 136 Å². The Morgan fingerprint density at radius 2 is 1.96 bits per heavy atom. The Bertz CT molecular complexity index is 636. The first-order valence-electron chi connectivity index (χ1n) is 7.66. The quantitative estimate of drug-likeness (QED) is 0.839. The van der Waals surface area contributed by atoms with Crippen LogP contribution < -0.4 is 5.32 Å². The van der Waals surface area contributed by atoms with Crippen molar-refractivity contribution >= 4 is 5.91 Å². The predicted molar refractivity (Wildman–Crippen MR) is 86.8 cm³/mol. The molecule has 1 aromatic carbocycles. The van der Waals surface area contributed by atoms with E-state index in [0.29, 0.717) is 18.3 Å². The summed E-state index contributed by atoms with van der Waals surface area (Å²) in [6.07, 6.45) is 0. The first-order valence-corrected chi connectivity index (χ1v) is 7.66. The molecule has 0 saturated carbocycles. The van der Waals surface area contributed by atoms with Crippen molar-refractivity contribution in [1.82, 2.24) is 25.5 Å². The summed E-state index contributed by atoms with van der Waals surface area (Å²) in [5.41, 5.74) is 2.14. The molecule has 0 aliphatic rings. The summed E-state index contributed by atoms with van der Waals surface area (Å²) in [4.78, 5) is 13.2. The molecule has 0 fully saturated rings. The molecule has 0 aliphatic heterocycles. The summed E-state index contributed by atoms with van der Waals surface area (Å²) < 4.78 is 4.98. The lowest BCUT2D eigenvalue weighted by molar-refractivity contribution is -0.123. The topological polar surface area (TPSA) is 81.9 Å². The molecule has 1 aromatic heterocycles. The summed E-state index contributed by atoms with van der Waals surface area (Å²) in [6, 6.07) is 7.99. The van der Waals surface area contributed by atoms with Crippen molar-refractivity contribution in [1.29, 1.82) is 0 Å². The van der Waals surface area contributed by atoms with Crippen molar-refractivity contribution in [3.8, 4) is 11.4 Å². The summed E-state index contributed by atoms with van der Waals surface area (Å²) >= 11 is 0. The second-order valence-corrected chi connectivity index (χ2v) is 5.84. The highest BCUT2D eigenvalue weighted by molar-refractivity contribution is 5.75. The lowest BCUT2D eigenvalue weighted by Crippen LogP contribution is -2.38. The van der Waals surface area contributed by atoms with E-state index < -0.39 is 0 Å². The molecular weight excluding hydrogens is 294 g/mol. The summed E-state index contributed by atoms with van der Waals surface area (Å²) in [6.45, 7) is 6.66. The minimum absolute atomic E-state index is 0.0329. The third-order valence-corrected chi connectivity index (χ3v) is 3.40. The van der Waals surface area contributed by atoms with Crippen molar-refractivity contribution in [2.75, 3.05) is 13.7 Å². The predicted octanol–water partition coefficient (Wildman–Crippen LogP) is 1.61. The minimum atomic E-state index is -0.173. The fraction of sp³-hybridized carbons (Fsp3) is 0.500. The van der Waals surface area contributed by atoms with Crippen LogP contribution in [0.25, 0.3) is 11.4 Å². The van der Waals surface area contributed by atoms with Crippen molar-refractivity contribution < 1.29 is 9.53 Å². The van der Waals surface area contributed by atoms with Crippen molar-refractivity contribution in [2.24, 2.45) is 0 Å². The molecular formula is C16H23N5O2. The number of aromatic nitrogens is 4. The van der Waals surface area contributed by atoms with E-state index in [9.17, 15) is 4.79 Å². The van der Waals surface area contributed by atoms with Gasteiger partial charge in [0.2, 0.25) is 11.7 Å². The lowest BCUT2D eigenvalue weighted by Gasteiger charge is -2.11. The van der Waals surface area contributed by atoms with Gasteiger partial charge in [-0.3, -0.25) is 4.79 Å². The number of hydrogen-bond acceptors (Lipinski definition) is 5. The number of nitrogens with one attached hydrogen (secondary N) is 1. The van der Waals surface area contributed by atoms with Crippen LogP contribution in [0, 0.1) is 0 Å².